The largest absolute Gasteiger partial charge is 0.492 e. The molecule has 0 aliphatic heterocycles. The predicted molar refractivity (Wildman–Crippen MR) is 59.3 cm³/mol. The lowest BCUT2D eigenvalue weighted by molar-refractivity contribution is 0.0963. The minimum atomic E-state index is -0.0863. The molecule has 0 radical (unpaired) electrons. The van der Waals surface area contributed by atoms with Crippen LogP contribution < -0.4 is 15.4 Å². The summed E-state index contributed by atoms with van der Waals surface area (Å²) in [5.74, 6) is 0.690. The zero-order valence-electron chi connectivity index (χ0n) is 9.04. The van der Waals surface area contributed by atoms with Gasteiger partial charge in [0, 0.05) is 19.2 Å². The molecule has 0 aliphatic carbocycles. The summed E-state index contributed by atoms with van der Waals surface area (Å²) in [7, 11) is 3.48. The zero-order valence-corrected chi connectivity index (χ0v) is 9.04. The summed E-state index contributed by atoms with van der Waals surface area (Å²) in [6.45, 7) is 1.42. The smallest absolute Gasteiger partial charge is 0.251 e. The molecule has 15 heavy (non-hydrogen) atoms. The first-order chi connectivity index (χ1) is 7.27. The summed E-state index contributed by atoms with van der Waals surface area (Å²) in [5, 5.41) is 5.55. The number of hydrogen-bond donors (Lipinski definition) is 2. The first-order valence-corrected chi connectivity index (χ1v) is 4.87. The second-order valence-corrected chi connectivity index (χ2v) is 3.06. The van der Waals surface area contributed by atoms with Crippen molar-refractivity contribution in [1.82, 2.24) is 10.6 Å². The summed E-state index contributed by atoms with van der Waals surface area (Å²) in [6, 6.07) is 7.07. The van der Waals surface area contributed by atoms with Crippen LogP contribution in [-0.4, -0.2) is 33.2 Å². The molecule has 4 nitrogen and oxygen atoms in total. The Labute approximate surface area is 89.6 Å². The minimum absolute atomic E-state index is 0.0863. The Bertz CT molecular complexity index is 309. The molecule has 0 bridgehead atoms. The fourth-order valence-corrected chi connectivity index (χ4v) is 1.12. The summed E-state index contributed by atoms with van der Waals surface area (Å²) >= 11 is 0. The van der Waals surface area contributed by atoms with Crippen molar-refractivity contribution in [2.24, 2.45) is 0 Å². The van der Waals surface area contributed by atoms with E-state index in [1.165, 1.54) is 0 Å². The molecule has 2 N–H and O–H groups in total. The number of ether oxygens (including phenoxy) is 1. The fourth-order valence-electron chi connectivity index (χ4n) is 1.12. The van der Waals surface area contributed by atoms with Crippen LogP contribution in [0.3, 0.4) is 0 Å². The molecule has 0 unspecified atom stereocenters. The molecular formula is C11H16N2O2. The van der Waals surface area contributed by atoms with Gasteiger partial charge in [-0.15, -0.1) is 0 Å². The molecule has 0 fully saturated rings. The molecule has 1 amide bonds. The highest BCUT2D eigenvalue weighted by molar-refractivity contribution is 5.94. The van der Waals surface area contributed by atoms with E-state index in [9.17, 15) is 4.79 Å². The number of carbonyl (C=O) groups is 1. The van der Waals surface area contributed by atoms with Gasteiger partial charge in [-0.05, 0) is 31.3 Å². The summed E-state index contributed by atoms with van der Waals surface area (Å²) in [5.41, 5.74) is 0.637. The average Bonchev–Trinajstić information content (AvgIpc) is 2.29. The van der Waals surface area contributed by atoms with Gasteiger partial charge in [0.2, 0.25) is 0 Å². The number of likely N-dealkylation sites (N-methyl/N-ethyl adjacent to an activating group) is 1. The Hall–Kier alpha value is -1.55. The zero-order chi connectivity index (χ0) is 11.1. The van der Waals surface area contributed by atoms with Crippen LogP contribution in [-0.2, 0) is 0 Å². The van der Waals surface area contributed by atoms with Crippen molar-refractivity contribution in [1.29, 1.82) is 0 Å². The van der Waals surface area contributed by atoms with Crippen molar-refractivity contribution in [2.45, 2.75) is 0 Å². The lowest BCUT2D eigenvalue weighted by atomic mass is 10.2. The van der Waals surface area contributed by atoms with E-state index < -0.39 is 0 Å². The Balaban J connectivity index is 2.52. The standard InChI is InChI=1S/C11H16N2O2/c1-12-7-8-15-10-5-3-9(4-6-10)11(14)13-2/h3-6,12H,7-8H2,1-2H3,(H,13,14). The molecule has 82 valence electrons. The van der Waals surface area contributed by atoms with Gasteiger partial charge in [0.25, 0.3) is 5.91 Å². The first-order valence-electron chi connectivity index (χ1n) is 4.87. The van der Waals surface area contributed by atoms with Crippen LogP contribution in [0.1, 0.15) is 10.4 Å². The maximum absolute atomic E-state index is 11.2. The highest BCUT2D eigenvalue weighted by Crippen LogP contribution is 2.11. The lowest BCUT2D eigenvalue weighted by Gasteiger charge is -2.06. The van der Waals surface area contributed by atoms with Gasteiger partial charge in [0.05, 0.1) is 0 Å². The number of amides is 1. The molecule has 0 aliphatic rings. The van der Waals surface area contributed by atoms with Gasteiger partial charge in [-0.1, -0.05) is 0 Å². The van der Waals surface area contributed by atoms with Crippen molar-refractivity contribution in [3.8, 4) is 5.75 Å². The van der Waals surface area contributed by atoms with E-state index in [-0.39, 0.29) is 5.91 Å². The van der Waals surface area contributed by atoms with Crippen LogP contribution in [0.5, 0.6) is 5.75 Å². The van der Waals surface area contributed by atoms with Crippen LogP contribution in [0.2, 0.25) is 0 Å². The Morgan fingerprint density at radius 3 is 2.47 bits per heavy atom. The van der Waals surface area contributed by atoms with Crippen molar-refractivity contribution in [3.63, 3.8) is 0 Å². The van der Waals surface area contributed by atoms with Crippen molar-refractivity contribution >= 4 is 5.91 Å². The second-order valence-electron chi connectivity index (χ2n) is 3.06. The third-order valence-corrected chi connectivity index (χ3v) is 1.96. The number of nitrogens with one attached hydrogen (secondary N) is 2. The minimum Gasteiger partial charge on any atom is -0.492 e. The number of carbonyl (C=O) groups excluding carboxylic acids is 1. The van der Waals surface area contributed by atoms with E-state index in [1.54, 1.807) is 31.3 Å². The Morgan fingerprint density at radius 2 is 1.93 bits per heavy atom. The summed E-state index contributed by atoms with van der Waals surface area (Å²) in [4.78, 5) is 11.2. The first kappa shape index (κ1) is 11.5. The van der Waals surface area contributed by atoms with Crippen molar-refractivity contribution < 1.29 is 9.53 Å². The third kappa shape index (κ3) is 3.59. The summed E-state index contributed by atoms with van der Waals surface area (Å²) < 4.78 is 5.42. The third-order valence-electron chi connectivity index (χ3n) is 1.96. The van der Waals surface area contributed by atoms with Crippen molar-refractivity contribution in [3.05, 3.63) is 29.8 Å². The number of rotatable bonds is 5. The van der Waals surface area contributed by atoms with Crippen LogP contribution in [0.25, 0.3) is 0 Å². The lowest BCUT2D eigenvalue weighted by Crippen LogP contribution is -2.18. The van der Waals surface area contributed by atoms with E-state index in [0.29, 0.717) is 12.2 Å². The average molecular weight is 208 g/mol. The van der Waals surface area contributed by atoms with E-state index in [2.05, 4.69) is 10.6 Å². The molecular weight excluding hydrogens is 192 g/mol. The second kappa shape index (κ2) is 6.03. The quantitative estimate of drug-likeness (QED) is 0.698. The van der Waals surface area contributed by atoms with Crippen LogP contribution >= 0.6 is 0 Å². The van der Waals surface area contributed by atoms with Gasteiger partial charge in [-0.25, -0.2) is 0 Å². The predicted octanol–water partition coefficient (Wildman–Crippen LogP) is 0.644. The highest BCUT2D eigenvalue weighted by atomic mass is 16.5. The van der Waals surface area contributed by atoms with Gasteiger partial charge in [0.15, 0.2) is 0 Å². The van der Waals surface area contributed by atoms with E-state index in [1.807, 2.05) is 7.05 Å². The molecule has 0 heterocycles. The fraction of sp³-hybridized carbons (Fsp3) is 0.364. The molecule has 1 aromatic carbocycles. The summed E-state index contributed by atoms with van der Waals surface area (Å²) in [6.07, 6.45) is 0. The molecule has 0 saturated carbocycles. The van der Waals surface area contributed by atoms with Crippen LogP contribution in [0.4, 0.5) is 0 Å². The number of benzene rings is 1. The molecule has 0 saturated heterocycles. The Kier molecular flexibility index (Phi) is 4.63. The van der Waals surface area contributed by atoms with Gasteiger partial charge in [0.1, 0.15) is 12.4 Å². The van der Waals surface area contributed by atoms with Gasteiger partial charge in [-0.3, -0.25) is 4.79 Å². The molecule has 1 aromatic rings. The highest BCUT2D eigenvalue weighted by Gasteiger charge is 2.01. The number of hydrogen-bond acceptors (Lipinski definition) is 3. The van der Waals surface area contributed by atoms with E-state index in [4.69, 9.17) is 4.74 Å². The Morgan fingerprint density at radius 1 is 1.27 bits per heavy atom. The molecule has 1 rings (SSSR count). The van der Waals surface area contributed by atoms with Gasteiger partial charge < -0.3 is 15.4 Å². The maximum atomic E-state index is 11.2. The van der Waals surface area contributed by atoms with Gasteiger partial charge in [-0.2, -0.15) is 0 Å². The molecule has 0 aromatic heterocycles. The maximum Gasteiger partial charge on any atom is 0.251 e. The topological polar surface area (TPSA) is 50.4 Å². The van der Waals surface area contributed by atoms with E-state index in [0.717, 1.165) is 12.3 Å². The SMILES string of the molecule is CNCCOc1ccc(C(=O)NC)cc1. The van der Waals surface area contributed by atoms with Gasteiger partial charge >= 0.3 is 0 Å². The van der Waals surface area contributed by atoms with Crippen LogP contribution in [0.15, 0.2) is 24.3 Å². The molecule has 0 atom stereocenters. The monoisotopic (exact) mass is 208 g/mol. The normalized spacial score (nSPS) is 9.73. The molecule has 4 heteroatoms. The molecule has 0 spiro atoms. The van der Waals surface area contributed by atoms with Crippen molar-refractivity contribution in [2.75, 3.05) is 27.2 Å². The van der Waals surface area contributed by atoms with Crippen LogP contribution in [0, 0.1) is 0 Å². The van der Waals surface area contributed by atoms with E-state index >= 15 is 0 Å².